The van der Waals surface area contributed by atoms with Crippen LogP contribution in [0, 0.1) is 11.6 Å². The standard InChI is InChI=1S/C16H16F2N4O3S/c1-22(10-7-8-26(24,25)9-10)14-6-5-13(20-21-14)16(23)19-15-11(17)3-2-4-12(15)18/h2-6,10H,7-9H2,1H3,(H,19,23). The molecular formula is C16H16F2N4O3S. The van der Waals surface area contributed by atoms with Crippen molar-refractivity contribution in [2.75, 3.05) is 28.8 Å². The number of halogens is 2. The Morgan fingerprint density at radius 1 is 1.19 bits per heavy atom. The summed E-state index contributed by atoms with van der Waals surface area (Å²) in [5.74, 6) is -2.03. The van der Waals surface area contributed by atoms with Crippen molar-refractivity contribution in [2.45, 2.75) is 12.5 Å². The highest BCUT2D eigenvalue weighted by Gasteiger charge is 2.31. The van der Waals surface area contributed by atoms with Gasteiger partial charge in [-0.05, 0) is 30.7 Å². The zero-order chi connectivity index (χ0) is 18.9. The van der Waals surface area contributed by atoms with E-state index in [9.17, 15) is 22.0 Å². The second-order valence-corrected chi connectivity index (χ2v) is 8.22. The first-order valence-corrected chi connectivity index (χ1v) is 9.61. The normalized spacial score (nSPS) is 18.5. The minimum absolute atomic E-state index is 0.0416. The Labute approximate surface area is 149 Å². The summed E-state index contributed by atoms with van der Waals surface area (Å²) >= 11 is 0. The van der Waals surface area contributed by atoms with E-state index in [0.29, 0.717) is 12.2 Å². The lowest BCUT2D eigenvalue weighted by Gasteiger charge is -2.23. The minimum Gasteiger partial charge on any atom is -0.354 e. The number of hydrogen-bond donors (Lipinski definition) is 1. The smallest absolute Gasteiger partial charge is 0.276 e. The number of hydrogen-bond acceptors (Lipinski definition) is 6. The molecule has 2 heterocycles. The molecule has 0 bridgehead atoms. The molecule has 0 radical (unpaired) electrons. The Morgan fingerprint density at radius 3 is 2.42 bits per heavy atom. The molecule has 1 atom stereocenters. The molecule has 26 heavy (non-hydrogen) atoms. The third-order valence-electron chi connectivity index (χ3n) is 4.20. The largest absolute Gasteiger partial charge is 0.354 e. The molecule has 1 fully saturated rings. The highest BCUT2D eigenvalue weighted by molar-refractivity contribution is 7.91. The number of nitrogens with one attached hydrogen (secondary N) is 1. The average molecular weight is 382 g/mol. The molecule has 1 aliphatic heterocycles. The summed E-state index contributed by atoms with van der Waals surface area (Å²) in [5.41, 5.74) is -0.680. The number of aromatic nitrogens is 2. The second kappa shape index (κ2) is 6.94. The molecular weight excluding hydrogens is 366 g/mol. The van der Waals surface area contributed by atoms with Gasteiger partial charge in [-0.1, -0.05) is 6.07 Å². The Balaban J connectivity index is 1.72. The van der Waals surface area contributed by atoms with Crippen LogP contribution >= 0.6 is 0 Å². The van der Waals surface area contributed by atoms with Gasteiger partial charge in [0.25, 0.3) is 5.91 Å². The van der Waals surface area contributed by atoms with Gasteiger partial charge in [0, 0.05) is 13.1 Å². The lowest BCUT2D eigenvalue weighted by molar-refractivity contribution is 0.102. The monoisotopic (exact) mass is 382 g/mol. The number of rotatable bonds is 4. The Bertz CT molecular complexity index is 915. The molecule has 1 saturated heterocycles. The molecule has 1 aliphatic rings. The summed E-state index contributed by atoms with van der Waals surface area (Å²) in [4.78, 5) is 13.8. The Hall–Kier alpha value is -2.62. The predicted molar refractivity (Wildman–Crippen MR) is 91.8 cm³/mol. The maximum Gasteiger partial charge on any atom is 0.276 e. The van der Waals surface area contributed by atoms with Gasteiger partial charge in [0.15, 0.2) is 21.3 Å². The molecule has 0 spiro atoms. The van der Waals surface area contributed by atoms with E-state index < -0.39 is 33.1 Å². The van der Waals surface area contributed by atoms with Gasteiger partial charge in [-0.25, -0.2) is 17.2 Å². The van der Waals surface area contributed by atoms with Crippen LogP contribution in [0.15, 0.2) is 30.3 Å². The molecule has 1 N–H and O–H groups in total. The van der Waals surface area contributed by atoms with Gasteiger partial charge < -0.3 is 10.2 Å². The van der Waals surface area contributed by atoms with Crippen molar-refractivity contribution in [3.05, 3.63) is 47.7 Å². The van der Waals surface area contributed by atoms with Crippen molar-refractivity contribution < 1.29 is 22.0 Å². The number of anilines is 2. The molecule has 138 valence electrons. The van der Waals surface area contributed by atoms with Crippen LogP contribution < -0.4 is 10.2 Å². The van der Waals surface area contributed by atoms with Crippen LogP contribution in [0.3, 0.4) is 0 Å². The topological polar surface area (TPSA) is 92.3 Å². The van der Waals surface area contributed by atoms with Crippen LogP contribution in [0.5, 0.6) is 0 Å². The van der Waals surface area contributed by atoms with Crippen molar-refractivity contribution in [1.29, 1.82) is 0 Å². The molecule has 1 aromatic heterocycles. The van der Waals surface area contributed by atoms with E-state index in [1.165, 1.54) is 18.2 Å². The van der Waals surface area contributed by atoms with E-state index >= 15 is 0 Å². The molecule has 7 nitrogen and oxygen atoms in total. The highest BCUT2D eigenvalue weighted by Crippen LogP contribution is 2.22. The first-order chi connectivity index (χ1) is 12.3. The Kier molecular flexibility index (Phi) is 4.86. The first kappa shape index (κ1) is 18.2. The number of benzene rings is 1. The highest BCUT2D eigenvalue weighted by atomic mass is 32.2. The predicted octanol–water partition coefficient (Wildman–Crippen LogP) is 1.63. The van der Waals surface area contributed by atoms with Crippen LogP contribution in [-0.4, -0.2) is 49.1 Å². The van der Waals surface area contributed by atoms with Crippen molar-refractivity contribution in [1.82, 2.24) is 10.2 Å². The lowest BCUT2D eigenvalue weighted by atomic mass is 10.2. The van der Waals surface area contributed by atoms with Crippen LogP contribution in [0.1, 0.15) is 16.9 Å². The van der Waals surface area contributed by atoms with E-state index in [4.69, 9.17) is 0 Å². The van der Waals surface area contributed by atoms with Crippen LogP contribution in [0.25, 0.3) is 0 Å². The van der Waals surface area contributed by atoms with Gasteiger partial charge in [0.1, 0.15) is 17.3 Å². The van der Waals surface area contributed by atoms with Gasteiger partial charge in [-0.2, -0.15) is 0 Å². The van der Waals surface area contributed by atoms with Crippen molar-refractivity contribution >= 4 is 27.2 Å². The van der Waals surface area contributed by atoms with Gasteiger partial charge in [-0.3, -0.25) is 4.79 Å². The van der Waals surface area contributed by atoms with Crippen LogP contribution in [0.2, 0.25) is 0 Å². The van der Waals surface area contributed by atoms with E-state index in [-0.39, 0.29) is 23.2 Å². The Morgan fingerprint density at radius 2 is 1.88 bits per heavy atom. The SMILES string of the molecule is CN(c1ccc(C(=O)Nc2c(F)cccc2F)nn1)C1CCS(=O)(=O)C1. The third-order valence-corrected chi connectivity index (χ3v) is 5.95. The minimum atomic E-state index is -3.04. The van der Waals surface area contributed by atoms with E-state index in [1.807, 2.05) is 0 Å². The molecule has 0 aliphatic carbocycles. The van der Waals surface area contributed by atoms with Crippen molar-refractivity contribution in [3.63, 3.8) is 0 Å². The van der Waals surface area contributed by atoms with Gasteiger partial charge >= 0.3 is 0 Å². The fraction of sp³-hybridized carbons (Fsp3) is 0.312. The molecule has 10 heteroatoms. The lowest BCUT2D eigenvalue weighted by Crippen LogP contribution is -2.33. The van der Waals surface area contributed by atoms with Crippen molar-refractivity contribution in [3.8, 4) is 0 Å². The average Bonchev–Trinajstić information content (AvgIpc) is 2.97. The number of carbonyl (C=O) groups is 1. The second-order valence-electron chi connectivity index (χ2n) is 6.00. The van der Waals surface area contributed by atoms with Crippen LogP contribution in [-0.2, 0) is 9.84 Å². The summed E-state index contributed by atoms with van der Waals surface area (Å²) in [6, 6.07) is 5.90. The molecule has 1 unspecified atom stereocenters. The molecule has 3 rings (SSSR count). The van der Waals surface area contributed by atoms with Gasteiger partial charge in [0.05, 0.1) is 11.5 Å². The number of amides is 1. The summed E-state index contributed by atoms with van der Waals surface area (Å²) in [6.45, 7) is 0. The zero-order valence-electron chi connectivity index (χ0n) is 13.8. The zero-order valence-corrected chi connectivity index (χ0v) is 14.6. The van der Waals surface area contributed by atoms with E-state index in [0.717, 1.165) is 12.1 Å². The number of sulfone groups is 1. The molecule has 0 saturated carbocycles. The quantitative estimate of drug-likeness (QED) is 0.864. The summed E-state index contributed by atoms with van der Waals surface area (Å²) in [6.07, 6.45) is 0.495. The molecule has 1 aromatic carbocycles. The summed E-state index contributed by atoms with van der Waals surface area (Å²) in [5, 5.41) is 9.80. The number of para-hydroxylation sites is 1. The maximum atomic E-state index is 13.6. The molecule has 2 aromatic rings. The maximum absolute atomic E-state index is 13.6. The van der Waals surface area contributed by atoms with Gasteiger partial charge in [-0.15, -0.1) is 10.2 Å². The summed E-state index contributed by atoms with van der Waals surface area (Å²) in [7, 11) is -1.34. The van der Waals surface area contributed by atoms with E-state index in [2.05, 4.69) is 15.5 Å². The third kappa shape index (κ3) is 3.79. The first-order valence-electron chi connectivity index (χ1n) is 7.79. The molecule has 1 amide bonds. The number of carbonyl (C=O) groups excluding carboxylic acids is 1. The number of nitrogens with zero attached hydrogens (tertiary/aromatic N) is 3. The van der Waals surface area contributed by atoms with E-state index in [1.54, 1.807) is 11.9 Å². The fourth-order valence-corrected chi connectivity index (χ4v) is 4.47. The fourth-order valence-electron chi connectivity index (χ4n) is 2.70. The van der Waals surface area contributed by atoms with Gasteiger partial charge in [0.2, 0.25) is 0 Å². The van der Waals surface area contributed by atoms with Crippen LogP contribution in [0.4, 0.5) is 20.3 Å². The van der Waals surface area contributed by atoms with Crippen molar-refractivity contribution in [2.24, 2.45) is 0 Å². The summed E-state index contributed by atoms with van der Waals surface area (Å²) < 4.78 is 50.3.